The van der Waals surface area contributed by atoms with E-state index < -0.39 is 5.91 Å². The zero-order valence-electron chi connectivity index (χ0n) is 8.93. The number of carbonyl (C=O) groups is 1. The number of carbonyl (C=O) groups excluding carboxylic acids is 1. The van der Waals surface area contributed by atoms with E-state index in [2.05, 4.69) is 11.9 Å². The maximum atomic E-state index is 11.1. The number of hydrogen-bond donors (Lipinski definition) is 1. The van der Waals surface area contributed by atoms with Crippen LogP contribution >= 0.6 is 0 Å². The third-order valence-electron chi connectivity index (χ3n) is 2.43. The summed E-state index contributed by atoms with van der Waals surface area (Å²) < 4.78 is 5.17. The molecule has 1 aromatic heterocycles. The molecule has 2 rings (SSSR count). The number of benzene rings is 1. The van der Waals surface area contributed by atoms with Crippen LogP contribution in [0.2, 0.25) is 0 Å². The minimum Gasteiger partial charge on any atom is -0.443 e. The van der Waals surface area contributed by atoms with Crippen molar-refractivity contribution in [2.24, 2.45) is 5.73 Å². The number of primary amides is 1. The number of nitrogens with two attached hydrogens (primary N) is 1. The van der Waals surface area contributed by atoms with Gasteiger partial charge in [0.15, 0.2) is 17.8 Å². The molecule has 1 aromatic carbocycles. The number of amides is 1. The summed E-state index contributed by atoms with van der Waals surface area (Å²) in [7, 11) is 0. The monoisotopic (exact) mass is 216 g/mol. The molecule has 16 heavy (non-hydrogen) atoms. The minimum absolute atomic E-state index is 0.171. The van der Waals surface area contributed by atoms with E-state index in [4.69, 9.17) is 10.2 Å². The summed E-state index contributed by atoms with van der Waals surface area (Å²) in [6.07, 6.45) is 2.20. The number of oxazole rings is 1. The van der Waals surface area contributed by atoms with E-state index in [1.54, 1.807) is 0 Å². The van der Waals surface area contributed by atoms with Crippen LogP contribution < -0.4 is 5.73 Å². The Morgan fingerprint density at radius 1 is 1.38 bits per heavy atom. The van der Waals surface area contributed by atoms with Crippen LogP contribution in [-0.4, -0.2) is 10.9 Å². The second-order valence-electron chi connectivity index (χ2n) is 3.44. The van der Waals surface area contributed by atoms with Gasteiger partial charge in [0.1, 0.15) is 0 Å². The molecule has 0 unspecified atom stereocenters. The molecule has 0 saturated heterocycles. The Hall–Kier alpha value is -2.10. The molecule has 4 heteroatoms. The smallest absolute Gasteiger partial charge is 0.271 e. The molecular formula is C12H12N2O2. The Kier molecular flexibility index (Phi) is 2.72. The van der Waals surface area contributed by atoms with Crippen molar-refractivity contribution < 1.29 is 9.21 Å². The predicted octanol–water partition coefficient (Wildman–Crippen LogP) is 2.00. The third-order valence-corrected chi connectivity index (χ3v) is 2.43. The maximum absolute atomic E-state index is 11.1. The fourth-order valence-electron chi connectivity index (χ4n) is 1.52. The zero-order chi connectivity index (χ0) is 11.5. The molecule has 4 nitrogen and oxygen atoms in total. The minimum atomic E-state index is -0.580. The van der Waals surface area contributed by atoms with Gasteiger partial charge in [0.05, 0.1) is 0 Å². The van der Waals surface area contributed by atoms with Crippen molar-refractivity contribution in [2.45, 2.75) is 13.3 Å². The topological polar surface area (TPSA) is 69.1 Å². The van der Waals surface area contributed by atoms with Crippen LogP contribution in [0.15, 0.2) is 35.1 Å². The fraction of sp³-hybridized carbons (Fsp3) is 0.167. The predicted molar refractivity (Wildman–Crippen MR) is 59.8 cm³/mol. The second kappa shape index (κ2) is 4.18. The normalized spacial score (nSPS) is 10.3. The van der Waals surface area contributed by atoms with Gasteiger partial charge in [0.25, 0.3) is 5.91 Å². The lowest BCUT2D eigenvalue weighted by atomic mass is 10.1. The zero-order valence-corrected chi connectivity index (χ0v) is 8.93. The van der Waals surface area contributed by atoms with Crippen LogP contribution in [0.5, 0.6) is 0 Å². The average molecular weight is 216 g/mol. The van der Waals surface area contributed by atoms with Gasteiger partial charge in [-0.15, -0.1) is 0 Å². The van der Waals surface area contributed by atoms with Crippen molar-refractivity contribution in [3.8, 4) is 11.3 Å². The lowest BCUT2D eigenvalue weighted by molar-refractivity contribution is 0.0996. The molecule has 0 atom stereocenters. The Labute approximate surface area is 93.1 Å². The number of hydrogen-bond acceptors (Lipinski definition) is 3. The summed E-state index contributed by atoms with van der Waals surface area (Å²) in [5.74, 6) is -0.154. The number of aryl methyl sites for hydroxylation is 1. The highest BCUT2D eigenvalue weighted by Gasteiger charge is 2.14. The van der Waals surface area contributed by atoms with Gasteiger partial charge in [-0.2, -0.15) is 0 Å². The van der Waals surface area contributed by atoms with Crippen LogP contribution in [0, 0.1) is 0 Å². The van der Waals surface area contributed by atoms with E-state index in [0.29, 0.717) is 5.76 Å². The van der Waals surface area contributed by atoms with Gasteiger partial charge >= 0.3 is 0 Å². The summed E-state index contributed by atoms with van der Waals surface area (Å²) in [6.45, 7) is 2.08. The highest BCUT2D eigenvalue weighted by atomic mass is 16.3. The van der Waals surface area contributed by atoms with Crippen LogP contribution in [-0.2, 0) is 6.42 Å². The SMILES string of the molecule is CCc1ccc(-c2ocnc2C(N)=O)cc1. The van der Waals surface area contributed by atoms with Gasteiger partial charge in [0, 0.05) is 5.56 Å². The molecule has 0 spiro atoms. The maximum Gasteiger partial charge on any atom is 0.271 e. The first-order valence-corrected chi connectivity index (χ1v) is 5.05. The molecular weight excluding hydrogens is 204 g/mol. The first-order chi connectivity index (χ1) is 7.72. The summed E-state index contributed by atoms with van der Waals surface area (Å²) in [4.78, 5) is 14.9. The van der Waals surface area contributed by atoms with E-state index in [1.807, 2.05) is 24.3 Å². The molecule has 2 N–H and O–H groups in total. The lowest BCUT2D eigenvalue weighted by Crippen LogP contribution is -2.12. The van der Waals surface area contributed by atoms with Crippen molar-refractivity contribution in [3.05, 3.63) is 41.9 Å². The van der Waals surface area contributed by atoms with Crippen LogP contribution in [0.25, 0.3) is 11.3 Å². The number of aromatic nitrogens is 1. The van der Waals surface area contributed by atoms with Gasteiger partial charge < -0.3 is 10.2 Å². The molecule has 0 radical (unpaired) electrons. The van der Waals surface area contributed by atoms with Gasteiger partial charge in [-0.05, 0) is 12.0 Å². The average Bonchev–Trinajstić information content (AvgIpc) is 2.78. The van der Waals surface area contributed by atoms with Crippen molar-refractivity contribution in [2.75, 3.05) is 0 Å². The second-order valence-corrected chi connectivity index (χ2v) is 3.44. The third kappa shape index (κ3) is 1.82. The number of rotatable bonds is 3. The molecule has 0 aliphatic carbocycles. The van der Waals surface area contributed by atoms with E-state index in [1.165, 1.54) is 12.0 Å². The Morgan fingerprint density at radius 2 is 2.06 bits per heavy atom. The van der Waals surface area contributed by atoms with E-state index in [9.17, 15) is 4.79 Å². The van der Waals surface area contributed by atoms with Gasteiger partial charge in [-0.3, -0.25) is 4.79 Å². The molecule has 82 valence electrons. The summed E-state index contributed by atoms with van der Waals surface area (Å²) in [5.41, 5.74) is 7.40. The number of nitrogens with zero attached hydrogens (tertiary/aromatic N) is 1. The summed E-state index contributed by atoms with van der Waals surface area (Å²) >= 11 is 0. The molecule has 0 aliphatic heterocycles. The van der Waals surface area contributed by atoms with E-state index in [-0.39, 0.29) is 5.69 Å². The van der Waals surface area contributed by atoms with Crippen LogP contribution in [0.4, 0.5) is 0 Å². The van der Waals surface area contributed by atoms with Crippen LogP contribution in [0.1, 0.15) is 23.0 Å². The van der Waals surface area contributed by atoms with Gasteiger partial charge in [-0.25, -0.2) is 4.98 Å². The van der Waals surface area contributed by atoms with E-state index >= 15 is 0 Å². The largest absolute Gasteiger partial charge is 0.443 e. The Morgan fingerprint density at radius 3 is 2.62 bits per heavy atom. The molecule has 2 aromatic rings. The van der Waals surface area contributed by atoms with Crippen LogP contribution in [0.3, 0.4) is 0 Å². The summed E-state index contributed by atoms with van der Waals surface area (Å²) in [5, 5.41) is 0. The summed E-state index contributed by atoms with van der Waals surface area (Å²) in [6, 6.07) is 7.77. The Bertz CT molecular complexity index is 500. The molecule has 0 bridgehead atoms. The lowest BCUT2D eigenvalue weighted by Gasteiger charge is -2.00. The highest BCUT2D eigenvalue weighted by Crippen LogP contribution is 2.23. The molecule has 0 fully saturated rings. The van der Waals surface area contributed by atoms with Gasteiger partial charge in [-0.1, -0.05) is 31.2 Å². The van der Waals surface area contributed by atoms with Crippen molar-refractivity contribution in [3.63, 3.8) is 0 Å². The fourth-order valence-corrected chi connectivity index (χ4v) is 1.52. The first kappa shape index (κ1) is 10.4. The Balaban J connectivity index is 2.42. The molecule has 1 heterocycles. The van der Waals surface area contributed by atoms with Crippen molar-refractivity contribution in [1.29, 1.82) is 0 Å². The van der Waals surface area contributed by atoms with Crippen molar-refractivity contribution in [1.82, 2.24) is 4.98 Å². The van der Waals surface area contributed by atoms with Gasteiger partial charge in [0.2, 0.25) is 0 Å². The standard InChI is InChI=1S/C12H12N2O2/c1-2-8-3-5-9(6-4-8)11-10(12(13)15)14-7-16-11/h3-7H,2H2,1H3,(H2,13,15). The molecule has 1 amide bonds. The van der Waals surface area contributed by atoms with E-state index in [0.717, 1.165) is 12.0 Å². The first-order valence-electron chi connectivity index (χ1n) is 5.05. The molecule has 0 saturated carbocycles. The van der Waals surface area contributed by atoms with Crippen molar-refractivity contribution >= 4 is 5.91 Å². The quantitative estimate of drug-likeness (QED) is 0.853. The molecule has 0 aliphatic rings. The highest BCUT2D eigenvalue weighted by molar-refractivity contribution is 5.96.